The Morgan fingerprint density at radius 3 is 2.87 bits per heavy atom. The highest BCUT2D eigenvalue weighted by Crippen LogP contribution is 2.34. The van der Waals surface area contributed by atoms with Gasteiger partial charge in [0.1, 0.15) is 12.4 Å². The molecule has 7 heteroatoms. The van der Waals surface area contributed by atoms with Crippen LogP contribution in [0.4, 0.5) is 0 Å². The van der Waals surface area contributed by atoms with Crippen LogP contribution >= 0.6 is 35.6 Å². The Labute approximate surface area is 159 Å². The van der Waals surface area contributed by atoms with E-state index in [2.05, 4.69) is 15.6 Å². The number of ether oxygens (including phenoxy) is 2. The van der Waals surface area contributed by atoms with Crippen LogP contribution in [0.1, 0.15) is 19.3 Å². The van der Waals surface area contributed by atoms with Crippen molar-refractivity contribution in [3.63, 3.8) is 0 Å². The first kappa shape index (κ1) is 18.6. The summed E-state index contributed by atoms with van der Waals surface area (Å²) in [6.45, 7) is 1.18. The van der Waals surface area contributed by atoms with Gasteiger partial charge in [-0.3, -0.25) is 4.99 Å². The van der Waals surface area contributed by atoms with Crippen molar-refractivity contribution in [1.29, 1.82) is 0 Å². The third-order valence-corrected chi connectivity index (χ3v) is 4.45. The van der Waals surface area contributed by atoms with Gasteiger partial charge in [-0.25, -0.2) is 0 Å². The van der Waals surface area contributed by atoms with E-state index in [1.807, 2.05) is 24.3 Å². The zero-order valence-electron chi connectivity index (χ0n) is 13.1. The summed E-state index contributed by atoms with van der Waals surface area (Å²) in [6, 6.07) is 7.84. The summed E-state index contributed by atoms with van der Waals surface area (Å²) in [5.74, 6) is 1.50. The summed E-state index contributed by atoms with van der Waals surface area (Å²) in [7, 11) is 1.78. The van der Waals surface area contributed by atoms with Crippen LogP contribution in [0.3, 0.4) is 0 Å². The van der Waals surface area contributed by atoms with Gasteiger partial charge in [-0.1, -0.05) is 23.7 Å². The Morgan fingerprint density at radius 1 is 1.39 bits per heavy atom. The minimum atomic E-state index is 0. The van der Waals surface area contributed by atoms with Gasteiger partial charge in [-0.05, 0) is 31.4 Å². The molecule has 128 valence electrons. The third-order valence-electron chi connectivity index (χ3n) is 4.14. The molecule has 0 spiro atoms. The van der Waals surface area contributed by atoms with E-state index in [9.17, 15) is 0 Å². The van der Waals surface area contributed by atoms with Gasteiger partial charge in [0.05, 0.1) is 29.8 Å². The van der Waals surface area contributed by atoms with E-state index in [1.54, 1.807) is 7.05 Å². The Bertz CT molecular complexity index is 544. The number of rotatable bonds is 5. The van der Waals surface area contributed by atoms with Crippen molar-refractivity contribution < 1.29 is 9.47 Å². The third kappa shape index (κ3) is 4.87. The minimum absolute atomic E-state index is 0. The van der Waals surface area contributed by atoms with Crippen LogP contribution < -0.4 is 15.4 Å². The van der Waals surface area contributed by atoms with Gasteiger partial charge in [0.2, 0.25) is 0 Å². The molecule has 2 bridgehead atoms. The van der Waals surface area contributed by atoms with Crippen LogP contribution in [0.2, 0.25) is 5.02 Å². The predicted molar refractivity (Wildman–Crippen MR) is 103 cm³/mol. The number of fused-ring (bicyclic) bond motifs is 2. The number of guanidine groups is 1. The molecule has 2 N–H and O–H groups in total. The molecule has 1 aromatic carbocycles. The molecule has 2 heterocycles. The van der Waals surface area contributed by atoms with E-state index in [1.165, 1.54) is 6.42 Å². The standard InChI is InChI=1S/C16H22ClN3O2.HI/c1-18-16(20-13-10-11-6-7-15(13)22-11)19-8-9-21-14-5-3-2-4-12(14)17;/h2-5,11,13,15H,6-10H2,1H3,(H2,18,19,20);1H. The normalized spacial score (nSPS) is 25.8. The fraction of sp³-hybridized carbons (Fsp3) is 0.562. The minimum Gasteiger partial charge on any atom is -0.490 e. The second kappa shape index (κ2) is 8.94. The van der Waals surface area contributed by atoms with Gasteiger partial charge in [-0.15, -0.1) is 24.0 Å². The predicted octanol–water partition coefficient (Wildman–Crippen LogP) is 2.82. The largest absolute Gasteiger partial charge is 0.490 e. The van der Waals surface area contributed by atoms with Crippen LogP contribution in [0.5, 0.6) is 5.75 Å². The zero-order chi connectivity index (χ0) is 15.4. The maximum atomic E-state index is 6.05. The molecule has 2 saturated heterocycles. The quantitative estimate of drug-likeness (QED) is 0.313. The molecule has 2 fully saturated rings. The number of halogens is 2. The Hall–Kier alpha value is -0.730. The van der Waals surface area contributed by atoms with Gasteiger partial charge in [0.15, 0.2) is 5.96 Å². The first-order valence-electron chi connectivity index (χ1n) is 7.76. The molecular formula is C16H23ClIN3O2. The summed E-state index contributed by atoms with van der Waals surface area (Å²) in [5, 5.41) is 7.33. The SMILES string of the molecule is CN=C(NCCOc1ccccc1Cl)NC1CC2CCC1O2.I. The average molecular weight is 452 g/mol. The monoisotopic (exact) mass is 451 g/mol. The van der Waals surface area contributed by atoms with Crippen molar-refractivity contribution in [3.05, 3.63) is 29.3 Å². The second-order valence-corrected chi connectivity index (χ2v) is 6.05. The van der Waals surface area contributed by atoms with Gasteiger partial charge < -0.3 is 20.1 Å². The molecule has 0 saturated carbocycles. The summed E-state index contributed by atoms with van der Waals surface area (Å²) >= 11 is 6.05. The Morgan fingerprint density at radius 2 is 2.22 bits per heavy atom. The van der Waals surface area contributed by atoms with E-state index >= 15 is 0 Å². The lowest BCUT2D eigenvalue weighted by molar-refractivity contribution is 0.0992. The van der Waals surface area contributed by atoms with Crippen LogP contribution in [0.15, 0.2) is 29.3 Å². The molecular weight excluding hydrogens is 429 g/mol. The number of benzene rings is 1. The molecule has 0 amide bonds. The van der Waals surface area contributed by atoms with Gasteiger partial charge in [-0.2, -0.15) is 0 Å². The number of aliphatic imine (C=N–C) groups is 1. The molecule has 1 aromatic rings. The van der Waals surface area contributed by atoms with Gasteiger partial charge in [0, 0.05) is 7.05 Å². The highest BCUT2D eigenvalue weighted by Gasteiger charge is 2.41. The topological polar surface area (TPSA) is 54.9 Å². The number of nitrogens with zero attached hydrogens (tertiary/aromatic N) is 1. The lowest BCUT2D eigenvalue weighted by Crippen LogP contribution is -2.48. The number of nitrogens with one attached hydrogen (secondary N) is 2. The number of hydrogen-bond acceptors (Lipinski definition) is 3. The van der Waals surface area contributed by atoms with Gasteiger partial charge >= 0.3 is 0 Å². The molecule has 0 aliphatic carbocycles. The summed E-state index contributed by atoms with van der Waals surface area (Å²) in [5.41, 5.74) is 0. The highest BCUT2D eigenvalue weighted by atomic mass is 127. The molecule has 5 nitrogen and oxygen atoms in total. The molecule has 0 aromatic heterocycles. The lowest BCUT2D eigenvalue weighted by Gasteiger charge is -2.22. The van der Waals surface area contributed by atoms with E-state index in [0.29, 0.717) is 42.2 Å². The Balaban J connectivity index is 0.00000192. The van der Waals surface area contributed by atoms with Crippen molar-refractivity contribution >= 4 is 41.5 Å². The summed E-state index contributed by atoms with van der Waals surface area (Å²) in [4.78, 5) is 4.25. The Kier molecular flexibility index (Phi) is 7.23. The first-order valence-corrected chi connectivity index (χ1v) is 8.14. The molecule has 2 aliphatic heterocycles. The van der Waals surface area contributed by atoms with Crippen molar-refractivity contribution in [2.75, 3.05) is 20.2 Å². The number of hydrogen-bond donors (Lipinski definition) is 2. The first-order chi connectivity index (χ1) is 10.8. The molecule has 3 rings (SSSR count). The average Bonchev–Trinajstić information content (AvgIpc) is 3.14. The van der Waals surface area contributed by atoms with Crippen molar-refractivity contribution in [1.82, 2.24) is 10.6 Å². The fourth-order valence-electron chi connectivity index (χ4n) is 3.05. The van der Waals surface area contributed by atoms with E-state index < -0.39 is 0 Å². The van der Waals surface area contributed by atoms with E-state index in [-0.39, 0.29) is 24.0 Å². The van der Waals surface area contributed by atoms with Crippen LogP contribution in [-0.4, -0.2) is 44.4 Å². The molecule has 3 unspecified atom stereocenters. The second-order valence-electron chi connectivity index (χ2n) is 5.64. The van der Waals surface area contributed by atoms with Crippen LogP contribution in [0.25, 0.3) is 0 Å². The van der Waals surface area contributed by atoms with Crippen molar-refractivity contribution in [3.8, 4) is 5.75 Å². The molecule has 3 atom stereocenters. The molecule has 0 radical (unpaired) electrons. The van der Waals surface area contributed by atoms with E-state index in [0.717, 1.165) is 18.8 Å². The molecule has 23 heavy (non-hydrogen) atoms. The zero-order valence-corrected chi connectivity index (χ0v) is 16.2. The fourth-order valence-corrected chi connectivity index (χ4v) is 3.24. The van der Waals surface area contributed by atoms with Crippen molar-refractivity contribution in [2.24, 2.45) is 4.99 Å². The van der Waals surface area contributed by atoms with Gasteiger partial charge in [0.25, 0.3) is 0 Å². The van der Waals surface area contributed by atoms with Crippen molar-refractivity contribution in [2.45, 2.75) is 37.5 Å². The van der Waals surface area contributed by atoms with Crippen LogP contribution in [-0.2, 0) is 4.74 Å². The smallest absolute Gasteiger partial charge is 0.191 e. The lowest BCUT2D eigenvalue weighted by atomic mass is 9.96. The number of para-hydroxylation sites is 1. The summed E-state index contributed by atoms with van der Waals surface area (Å²) in [6.07, 6.45) is 4.18. The maximum Gasteiger partial charge on any atom is 0.191 e. The highest BCUT2D eigenvalue weighted by molar-refractivity contribution is 14.0. The molecule has 2 aliphatic rings. The van der Waals surface area contributed by atoms with E-state index in [4.69, 9.17) is 21.1 Å². The van der Waals surface area contributed by atoms with Crippen LogP contribution in [0, 0.1) is 0 Å². The maximum absolute atomic E-state index is 6.05. The summed E-state index contributed by atoms with van der Waals surface area (Å²) < 4.78 is 11.5.